The predicted molar refractivity (Wildman–Crippen MR) is 90.8 cm³/mol. The van der Waals surface area contributed by atoms with E-state index < -0.39 is 0 Å². The molecule has 0 bridgehead atoms. The Hall–Kier alpha value is -1.48. The van der Waals surface area contributed by atoms with Crippen molar-refractivity contribution in [3.8, 4) is 11.5 Å². The lowest BCUT2D eigenvalue weighted by Gasteiger charge is -2.18. The van der Waals surface area contributed by atoms with Crippen LogP contribution in [0.4, 0.5) is 0 Å². The van der Waals surface area contributed by atoms with Crippen LogP contribution in [0.3, 0.4) is 0 Å². The fraction of sp³-hybridized carbons (Fsp3) is 0.333. The number of halogens is 1. The summed E-state index contributed by atoms with van der Waals surface area (Å²) in [7, 11) is 1.71. The number of hydrogen-bond donors (Lipinski definition) is 0. The van der Waals surface area contributed by atoms with Crippen molar-refractivity contribution in [3.05, 3.63) is 58.7 Å². The highest BCUT2D eigenvalue weighted by Crippen LogP contribution is 2.38. The highest BCUT2D eigenvalue weighted by molar-refractivity contribution is 9.09. The zero-order valence-corrected chi connectivity index (χ0v) is 14.5. The Labute approximate surface area is 135 Å². The van der Waals surface area contributed by atoms with Crippen LogP contribution in [-0.2, 0) is 0 Å². The maximum absolute atomic E-state index is 5.73. The largest absolute Gasteiger partial charge is 0.496 e. The maximum Gasteiger partial charge on any atom is 0.124 e. The second-order valence-corrected chi connectivity index (χ2v) is 5.94. The van der Waals surface area contributed by atoms with E-state index in [-0.39, 0.29) is 4.83 Å². The molecule has 1 atom stereocenters. The number of benzene rings is 2. The third kappa shape index (κ3) is 3.41. The number of methoxy groups -OCH3 is 1. The summed E-state index contributed by atoms with van der Waals surface area (Å²) < 4.78 is 11.2. The van der Waals surface area contributed by atoms with Crippen LogP contribution in [0.5, 0.6) is 11.5 Å². The van der Waals surface area contributed by atoms with E-state index in [0.717, 1.165) is 28.2 Å². The van der Waals surface area contributed by atoms with Crippen LogP contribution < -0.4 is 9.47 Å². The molecule has 0 aliphatic rings. The van der Waals surface area contributed by atoms with Crippen molar-refractivity contribution < 1.29 is 9.47 Å². The average molecular weight is 349 g/mol. The highest BCUT2D eigenvalue weighted by atomic mass is 79.9. The lowest BCUT2D eigenvalue weighted by atomic mass is 9.99. The van der Waals surface area contributed by atoms with Gasteiger partial charge in [0.05, 0.1) is 18.5 Å². The first-order valence-electron chi connectivity index (χ1n) is 7.09. The highest BCUT2D eigenvalue weighted by Gasteiger charge is 2.17. The summed E-state index contributed by atoms with van der Waals surface area (Å²) in [5.41, 5.74) is 4.64. The van der Waals surface area contributed by atoms with E-state index in [0.29, 0.717) is 6.61 Å². The van der Waals surface area contributed by atoms with E-state index in [1.807, 2.05) is 25.1 Å². The Morgan fingerprint density at radius 1 is 1.10 bits per heavy atom. The van der Waals surface area contributed by atoms with Gasteiger partial charge in [0, 0.05) is 5.56 Å². The summed E-state index contributed by atoms with van der Waals surface area (Å²) in [5.74, 6) is 1.88. The summed E-state index contributed by atoms with van der Waals surface area (Å²) in [6.45, 7) is 6.81. The van der Waals surface area contributed by atoms with E-state index in [2.05, 4.69) is 48.0 Å². The van der Waals surface area contributed by atoms with Crippen LogP contribution in [-0.4, -0.2) is 13.7 Å². The minimum atomic E-state index is 0.101. The van der Waals surface area contributed by atoms with Gasteiger partial charge in [0.2, 0.25) is 0 Å². The Balaban J connectivity index is 2.43. The van der Waals surface area contributed by atoms with Gasteiger partial charge in [0.25, 0.3) is 0 Å². The monoisotopic (exact) mass is 348 g/mol. The summed E-state index contributed by atoms with van der Waals surface area (Å²) in [4.78, 5) is 0.101. The second-order valence-electron chi connectivity index (χ2n) is 5.02. The molecule has 0 aliphatic heterocycles. The molecule has 0 amide bonds. The zero-order valence-electron chi connectivity index (χ0n) is 12.9. The topological polar surface area (TPSA) is 18.5 Å². The van der Waals surface area contributed by atoms with Gasteiger partial charge in [-0.05, 0) is 43.5 Å². The summed E-state index contributed by atoms with van der Waals surface area (Å²) in [6.07, 6.45) is 0. The van der Waals surface area contributed by atoms with Crippen molar-refractivity contribution in [2.24, 2.45) is 0 Å². The molecule has 2 aromatic carbocycles. The molecule has 3 heteroatoms. The molecule has 0 aromatic heterocycles. The van der Waals surface area contributed by atoms with Crippen LogP contribution in [0.25, 0.3) is 0 Å². The number of alkyl halides is 1. The SMILES string of the molecule is CCOc1ccccc1C(Br)c1cc(C)c(OC)c(C)c1. The van der Waals surface area contributed by atoms with Crippen molar-refractivity contribution >= 4 is 15.9 Å². The molecule has 0 spiro atoms. The minimum Gasteiger partial charge on any atom is -0.496 e. The van der Waals surface area contributed by atoms with Gasteiger partial charge in [-0.25, -0.2) is 0 Å². The number of hydrogen-bond acceptors (Lipinski definition) is 2. The standard InChI is InChI=1S/C18H21BrO2/c1-5-21-16-9-7-6-8-15(16)17(19)14-10-12(2)18(20-4)13(3)11-14/h6-11,17H,5H2,1-4H3. The molecule has 1 unspecified atom stereocenters. The molecular weight excluding hydrogens is 328 g/mol. The van der Waals surface area contributed by atoms with Gasteiger partial charge in [-0.15, -0.1) is 0 Å². The normalized spacial score (nSPS) is 12.0. The van der Waals surface area contributed by atoms with Crippen LogP contribution >= 0.6 is 15.9 Å². The molecule has 0 saturated heterocycles. The van der Waals surface area contributed by atoms with E-state index in [1.54, 1.807) is 7.11 Å². The molecule has 2 nitrogen and oxygen atoms in total. The summed E-state index contributed by atoms with van der Waals surface area (Å²) in [6, 6.07) is 12.5. The Bertz CT molecular complexity index is 599. The van der Waals surface area contributed by atoms with Crippen molar-refractivity contribution in [3.63, 3.8) is 0 Å². The first-order chi connectivity index (χ1) is 10.1. The number of ether oxygens (including phenoxy) is 2. The lowest BCUT2D eigenvalue weighted by Crippen LogP contribution is -2.01. The average Bonchev–Trinajstić information content (AvgIpc) is 2.47. The molecule has 0 aliphatic carbocycles. The van der Waals surface area contributed by atoms with Crippen molar-refractivity contribution in [1.82, 2.24) is 0 Å². The summed E-state index contributed by atoms with van der Waals surface area (Å²) in [5, 5.41) is 0. The first kappa shape index (κ1) is 15.9. The van der Waals surface area contributed by atoms with Gasteiger partial charge in [-0.1, -0.05) is 46.3 Å². The summed E-state index contributed by atoms with van der Waals surface area (Å²) >= 11 is 3.81. The fourth-order valence-electron chi connectivity index (χ4n) is 2.61. The van der Waals surface area contributed by atoms with E-state index >= 15 is 0 Å². The Kier molecular flexibility index (Phi) is 5.29. The van der Waals surface area contributed by atoms with E-state index in [1.165, 1.54) is 5.56 Å². The molecule has 0 fully saturated rings. The molecule has 21 heavy (non-hydrogen) atoms. The smallest absolute Gasteiger partial charge is 0.124 e. The molecule has 2 rings (SSSR count). The molecule has 0 radical (unpaired) electrons. The quantitative estimate of drug-likeness (QED) is 0.691. The molecule has 2 aromatic rings. The van der Waals surface area contributed by atoms with Gasteiger partial charge in [-0.2, -0.15) is 0 Å². The number of rotatable bonds is 5. The van der Waals surface area contributed by atoms with E-state index in [9.17, 15) is 0 Å². The van der Waals surface area contributed by atoms with Gasteiger partial charge in [0.1, 0.15) is 11.5 Å². The third-order valence-corrected chi connectivity index (χ3v) is 4.49. The van der Waals surface area contributed by atoms with Crippen molar-refractivity contribution in [2.75, 3.05) is 13.7 Å². The van der Waals surface area contributed by atoms with Gasteiger partial charge < -0.3 is 9.47 Å². The number of aryl methyl sites for hydroxylation is 2. The Morgan fingerprint density at radius 3 is 2.29 bits per heavy atom. The van der Waals surface area contributed by atoms with Crippen LogP contribution in [0.2, 0.25) is 0 Å². The van der Waals surface area contributed by atoms with Crippen LogP contribution in [0.15, 0.2) is 36.4 Å². The predicted octanol–water partition coefficient (Wildman–Crippen LogP) is 5.20. The first-order valence-corrected chi connectivity index (χ1v) is 8.01. The van der Waals surface area contributed by atoms with E-state index in [4.69, 9.17) is 9.47 Å². The fourth-order valence-corrected chi connectivity index (χ4v) is 3.25. The maximum atomic E-state index is 5.73. The van der Waals surface area contributed by atoms with Gasteiger partial charge >= 0.3 is 0 Å². The molecule has 0 N–H and O–H groups in total. The second kappa shape index (κ2) is 6.99. The third-order valence-electron chi connectivity index (χ3n) is 3.47. The Morgan fingerprint density at radius 2 is 1.71 bits per heavy atom. The minimum absolute atomic E-state index is 0.101. The zero-order chi connectivity index (χ0) is 15.4. The molecular formula is C18H21BrO2. The van der Waals surface area contributed by atoms with Gasteiger partial charge in [0.15, 0.2) is 0 Å². The molecule has 0 heterocycles. The van der Waals surface area contributed by atoms with Gasteiger partial charge in [-0.3, -0.25) is 0 Å². The van der Waals surface area contributed by atoms with Crippen molar-refractivity contribution in [1.29, 1.82) is 0 Å². The molecule has 0 saturated carbocycles. The van der Waals surface area contributed by atoms with Crippen molar-refractivity contribution in [2.45, 2.75) is 25.6 Å². The lowest BCUT2D eigenvalue weighted by molar-refractivity contribution is 0.337. The molecule has 112 valence electrons. The number of para-hydroxylation sites is 1. The van der Waals surface area contributed by atoms with Crippen LogP contribution in [0, 0.1) is 13.8 Å². The van der Waals surface area contributed by atoms with Crippen LogP contribution in [0.1, 0.15) is 34.0 Å².